The number of aromatic nitrogens is 1. The lowest BCUT2D eigenvalue weighted by Gasteiger charge is -2.14. The molecule has 4 rings (SSSR count). The zero-order valence-electron chi connectivity index (χ0n) is 17.6. The van der Waals surface area contributed by atoms with Crippen LogP contribution in [0.15, 0.2) is 77.7 Å². The van der Waals surface area contributed by atoms with E-state index in [-0.39, 0.29) is 16.4 Å². The van der Waals surface area contributed by atoms with Crippen LogP contribution >= 0.6 is 11.6 Å². The topological polar surface area (TPSA) is 76.4 Å². The second-order valence-electron chi connectivity index (χ2n) is 8.01. The van der Waals surface area contributed by atoms with Crippen molar-refractivity contribution in [3.63, 3.8) is 0 Å². The number of nitrogens with zero attached hydrogens (tertiary/aromatic N) is 1. The van der Waals surface area contributed by atoms with Gasteiger partial charge in [-0.15, -0.1) is 0 Å². The second kappa shape index (κ2) is 8.45. The van der Waals surface area contributed by atoms with Crippen molar-refractivity contribution in [3.05, 3.63) is 100 Å². The van der Waals surface area contributed by atoms with Crippen molar-refractivity contribution in [3.8, 4) is 0 Å². The minimum absolute atomic E-state index is 0.180. The molecule has 0 spiro atoms. The van der Waals surface area contributed by atoms with Crippen LogP contribution in [0.4, 0.5) is 0 Å². The van der Waals surface area contributed by atoms with Crippen LogP contribution in [0.5, 0.6) is 0 Å². The predicted molar refractivity (Wildman–Crippen MR) is 126 cm³/mol. The van der Waals surface area contributed by atoms with E-state index in [1.54, 1.807) is 48.5 Å². The number of aromatic carboxylic acids is 1. The normalized spacial score (nSPS) is 11.9. The van der Waals surface area contributed by atoms with E-state index < -0.39 is 16.0 Å². The molecule has 0 radical (unpaired) electrons. The summed E-state index contributed by atoms with van der Waals surface area (Å²) >= 11 is 6.16. The number of hydrogen-bond acceptors (Lipinski definition) is 3. The first-order chi connectivity index (χ1) is 15.2. The Kier molecular flexibility index (Phi) is 5.84. The van der Waals surface area contributed by atoms with Crippen molar-refractivity contribution in [1.29, 1.82) is 0 Å². The third-order valence-electron chi connectivity index (χ3n) is 5.44. The standard InChI is InChI=1S/C25H22ClNO4S/c1-16(2)19-4-3-5-23(15-19)32(30,31)27-22(14-20-13-21(26)10-11-24(20)27)12-17-6-8-18(9-7-17)25(28)29/h3-11,13-16H,12H2,1-2H3,(H,28,29). The Morgan fingerprint density at radius 2 is 1.72 bits per heavy atom. The molecule has 0 aliphatic heterocycles. The van der Waals surface area contributed by atoms with Gasteiger partial charge in [0.05, 0.1) is 16.0 Å². The number of carboxylic acid groups (broad SMARTS) is 1. The van der Waals surface area contributed by atoms with Crippen LogP contribution in [0.2, 0.25) is 5.02 Å². The molecule has 1 heterocycles. The smallest absolute Gasteiger partial charge is 0.335 e. The first-order valence-electron chi connectivity index (χ1n) is 10.1. The lowest BCUT2D eigenvalue weighted by atomic mass is 10.0. The lowest BCUT2D eigenvalue weighted by molar-refractivity contribution is 0.0697. The van der Waals surface area contributed by atoms with Crippen LogP contribution in [-0.2, 0) is 16.4 Å². The van der Waals surface area contributed by atoms with Crippen molar-refractivity contribution in [2.45, 2.75) is 31.1 Å². The molecule has 0 amide bonds. The van der Waals surface area contributed by atoms with Gasteiger partial charge in [0.1, 0.15) is 0 Å². The molecule has 0 saturated heterocycles. The highest BCUT2D eigenvalue weighted by Gasteiger charge is 2.24. The lowest BCUT2D eigenvalue weighted by Crippen LogP contribution is -2.16. The predicted octanol–water partition coefficient (Wildman–Crippen LogP) is 5.94. The molecule has 1 N–H and O–H groups in total. The summed E-state index contributed by atoms with van der Waals surface area (Å²) in [6.45, 7) is 4.04. The van der Waals surface area contributed by atoms with Crippen LogP contribution in [0.3, 0.4) is 0 Å². The number of fused-ring (bicyclic) bond motifs is 1. The number of halogens is 1. The summed E-state index contributed by atoms with van der Waals surface area (Å²) in [7, 11) is -3.88. The quantitative estimate of drug-likeness (QED) is 0.380. The fraction of sp³-hybridized carbons (Fsp3) is 0.160. The van der Waals surface area contributed by atoms with Crippen molar-refractivity contribution >= 4 is 38.5 Å². The molecule has 0 atom stereocenters. The highest BCUT2D eigenvalue weighted by atomic mass is 35.5. The van der Waals surface area contributed by atoms with Gasteiger partial charge in [-0.25, -0.2) is 17.2 Å². The average molecular weight is 468 g/mol. The molecule has 0 saturated carbocycles. The van der Waals surface area contributed by atoms with E-state index in [0.29, 0.717) is 22.7 Å². The van der Waals surface area contributed by atoms with E-state index in [2.05, 4.69) is 0 Å². The van der Waals surface area contributed by atoms with Crippen molar-refractivity contribution in [2.24, 2.45) is 0 Å². The molecular weight excluding hydrogens is 446 g/mol. The molecule has 32 heavy (non-hydrogen) atoms. The maximum Gasteiger partial charge on any atom is 0.335 e. The first-order valence-corrected chi connectivity index (χ1v) is 12.0. The zero-order valence-corrected chi connectivity index (χ0v) is 19.2. The molecule has 3 aromatic carbocycles. The van der Waals surface area contributed by atoms with Crippen molar-refractivity contribution in [2.75, 3.05) is 0 Å². The monoisotopic (exact) mass is 467 g/mol. The van der Waals surface area contributed by atoms with E-state index in [1.165, 1.54) is 16.1 Å². The molecule has 0 aliphatic rings. The molecule has 0 unspecified atom stereocenters. The van der Waals surface area contributed by atoms with Crippen molar-refractivity contribution in [1.82, 2.24) is 3.97 Å². The van der Waals surface area contributed by atoms with E-state index in [1.807, 2.05) is 26.0 Å². The minimum atomic E-state index is -3.88. The summed E-state index contributed by atoms with van der Waals surface area (Å²) in [4.78, 5) is 11.4. The van der Waals surface area contributed by atoms with E-state index in [0.717, 1.165) is 16.5 Å². The van der Waals surface area contributed by atoms with Gasteiger partial charge >= 0.3 is 5.97 Å². The molecule has 4 aromatic rings. The van der Waals surface area contributed by atoms with Gasteiger partial charge in [-0.1, -0.05) is 49.7 Å². The maximum atomic E-state index is 13.8. The maximum absolute atomic E-state index is 13.8. The SMILES string of the molecule is CC(C)c1cccc(S(=O)(=O)n2c(Cc3ccc(C(=O)O)cc3)cc3cc(Cl)ccc32)c1. The summed E-state index contributed by atoms with van der Waals surface area (Å²) in [6, 6.07) is 20.4. The fourth-order valence-corrected chi connectivity index (χ4v) is 5.52. The summed E-state index contributed by atoms with van der Waals surface area (Å²) in [5.41, 5.74) is 3.04. The molecular formula is C25H22ClNO4S. The third-order valence-corrected chi connectivity index (χ3v) is 7.44. The Labute approximate surface area is 191 Å². The molecule has 1 aromatic heterocycles. The van der Waals surface area contributed by atoms with E-state index >= 15 is 0 Å². The van der Waals surface area contributed by atoms with Gasteiger partial charge in [-0.2, -0.15) is 0 Å². The Balaban J connectivity index is 1.87. The number of rotatable bonds is 6. The molecule has 7 heteroatoms. The van der Waals surface area contributed by atoms with Gasteiger partial charge in [0.2, 0.25) is 0 Å². The van der Waals surface area contributed by atoms with Crippen molar-refractivity contribution < 1.29 is 18.3 Å². The zero-order chi connectivity index (χ0) is 23.0. The Morgan fingerprint density at radius 1 is 1.00 bits per heavy atom. The minimum Gasteiger partial charge on any atom is -0.478 e. The Hall–Kier alpha value is -3.09. The number of carboxylic acids is 1. The highest BCUT2D eigenvalue weighted by molar-refractivity contribution is 7.90. The largest absolute Gasteiger partial charge is 0.478 e. The summed E-state index contributed by atoms with van der Waals surface area (Å²) in [5.74, 6) is -0.814. The van der Waals surface area contributed by atoms with Crippen LogP contribution in [0, 0.1) is 0 Å². The van der Waals surface area contributed by atoms with E-state index in [9.17, 15) is 13.2 Å². The number of hydrogen-bond donors (Lipinski definition) is 1. The van der Waals surface area contributed by atoms with Gasteiger partial charge in [0.25, 0.3) is 10.0 Å². The van der Waals surface area contributed by atoms with Crippen LogP contribution in [-0.4, -0.2) is 23.5 Å². The highest BCUT2D eigenvalue weighted by Crippen LogP contribution is 2.30. The van der Waals surface area contributed by atoms with Crippen LogP contribution in [0.1, 0.15) is 46.9 Å². The molecule has 0 aliphatic carbocycles. The average Bonchev–Trinajstić information content (AvgIpc) is 3.11. The van der Waals surface area contributed by atoms with Gasteiger partial charge in [-0.3, -0.25) is 0 Å². The first kappa shape index (κ1) is 22.1. The van der Waals surface area contributed by atoms with Crippen LogP contribution in [0.25, 0.3) is 10.9 Å². The van der Waals surface area contributed by atoms with Gasteiger partial charge in [0, 0.05) is 22.5 Å². The molecule has 164 valence electrons. The molecule has 5 nitrogen and oxygen atoms in total. The summed E-state index contributed by atoms with van der Waals surface area (Å²) in [6.07, 6.45) is 0.315. The van der Waals surface area contributed by atoms with Gasteiger partial charge < -0.3 is 5.11 Å². The summed E-state index contributed by atoms with van der Waals surface area (Å²) < 4.78 is 28.9. The fourth-order valence-electron chi connectivity index (χ4n) is 3.74. The molecule has 0 bridgehead atoms. The number of carbonyl (C=O) groups is 1. The summed E-state index contributed by atoms with van der Waals surface area (Å²) in [5, 5.41) is 10.4. The second-order valence-corrected chi connectivity index (χ2v) is 10.2. The van der Waals surface area contributed by atoms with E-state index in [4.69, 9.17) is 16.7 Å². The Bertz CT molecular complexity index is 1420. The third kappa shape index (κ3) is 4.16. The van der Waals surface area contributed by atoms with Gasteiger partial charge in [-0.05, 0) is 65.6 Å². The van der Waals surface area contributed by atoms with Crippen LogP contribution < -0.4 is 0 Å². The Morgan fingerprint density at radius 3 is 2.38 bits per heavy atom. The number of benzene rings is 3. The molecule has 0 fully saturated rings. The van der Waals surface area contributed by atoms with Gasteiger partial charge in [0.15, 0.2) is 0 Å².